The van der Waals surface area contributed by atoms with E-state index in [1.807, 2.05) is 31.1 Å². The van der Waals surface area contributed by atoms with Crippen LogP contribution in [-0.4, -0.2) is 49.4 Å². The monoisotopic (exact) mass is 341 g/mol. The quantitative estimate of drug-likeness (QED) is 0.809. The molecule has 0 radical (unpaired) electrons. The lowest BCUT2D eigenvalue weighted by molar-refractivity contribution is 0.0724. The van der Waals surface area contributed by atoms with Gasteiger partial charge >= 0.3 is 0 Å². The lowest BCUT2D eigenvalue weighted by atomic mass is 10.1. The zero-order chi connectivity index (χ0) is 15.3. The summed E-state index contributed by atoms with van der Waals surface area (Å²) >= 11 is 3.41. The second kappa shape index (κ2) is 7.64. The van der Waals surface area contributed by atoms with Crippen molar-refractivity contribution in [3.63, 3.8) is 0 Å². The Labute approximate surface area is 130 Å². The fraction of sp³-hybridized carbons (Fsp3) is 0.533. The summed E-state index contributed by atoms with van der Waals surface area (Å²) in [6, 6.07) is 5.41. The smallest absolute Gasteiger partial charge is 0.255 e. The molecule has 0 aliphatic carbocycles. The van der Waals surface area contributed by atoms with Gasteiger partial charge in [0, 0.05) is 25.3 Å². The van der Waals surface area contributed by atoms with Gasteiger partial charge < -0.3 is 15.5 Å². The zero-order valence-corrected chi connectivity index (χ0v) is 14.3. The second-order valence-electron chi connectivity index (χ2n) is 5.66. The molecule has 0 unspecified atom stereocenters. The molecule has 0 bridgehead atoms. The first-order chi connectivity index (χ1) is 9.32. The Hall–Kier alpha value is -1.07. The van der Waals surface area contributed by atoms with Crippen LogP contribution in [-0.2, 0) is 0 Å². The van der Waals surface area contributed by atoms with Gasteiger partial charge in [-0.25, -0.2) is 0 Å². The van der Waals surface area contributed by atoms with Crippen molar-refractivity contribution in [1.82, 2.24) is 9.80 Å². The highest BCUT2D eigenvalue weighted by molar-refractivity contribution is 9.10. The second-order valence-corrected chi connectivity index (χ2v) is 6.45. The van der Waals surface area contributed by atoms with Gasteiger partial charge in [-0.15, -0.1) is 0 Å². The van der Waals surface area contributed by atoms with Crippen molar-refractivity contribution in [3.8, 4) is 0 Å². The van der Waals surface area contributed by atoms with E-state index in [1.54, 1.807) is 6.07 Å². The first-order valence-electron chi connectivity index (χ1n) is 6.81. The van der Waals surface area contributed by atoms with E-state index in [1.165, 1.54) is 0 Å². The summed E-state index contributed by atoms with van der Waals surface area (Å²) in [5.74, 6) is 0.459. The molecular weight excluding hydrogens is 318 g/mol. The topological polar surface area (TPSA) is 49.6 Å². The maximum atomic E-state index is 12.7. The molecule has 4 nitrogen and oxygen atoms in total. The number of anilines is 1. The standard InChI is InChI=1S/C15H24BrN3O/c1-11(2)10-19(9-8-18(3)4)15(20)12-6-5-7-13(17)14(12)16/h5-7,11H,8-10,17H2,1-4H3. The Kier molecular flexibility index (Phi) is 6.49. The molecule has 0 heterocycles. The van der Waals surface area contributed by atoms with Crippen molar-refractivity contribution in [2.24, 2.45) is 5.92 Å². The molecule has 0 saturated carbocycles. The number of benzene rings is 1. The molecule has 2 N–H and O–H groups in total. The number of likely N-dealkylation sites (N-methyl/N-ethyl adjacent to an activating group) is 1. The molecule has 0 aromatic heterocycles. The summed E-state index contributed by atoms with van der Waals surface area (Å²) in [5.41, 5.74) is 7.08. The van der Waals surface area contributed by atoms with Crippen molar-refractivity contribution < 1.29 is 4.79 Å². The fourth-order valence-electron chi connectivity index (χ4n) is 1.92. The molecule has 0 aliphatic heterocycles. The fourth-order valence-corrected chi connectivity index (χ4v) is 2.36. The Morgan fingerprint density at radius 3 is 2.50 bits per heavy atom. The van der Waals surface area contributed by atoms with E-state index >= 15 is 0 Å². The molecule has 0 spiro atoms. The molecule has 1 rings (SSSR count). The third kappa shape index (κ3) is 4.80. The zero-order valence-electron chi connectivity index (χ0n) is 12.7. The van der Waals surface area contributed by atoms with Crippen LogP contribution in [0.25, 0.3) is 0 Å². The van der Waals surface area contributed by atoms with Crippen molar-refractivity contribution >= 4 is 27.5 Å². The van der Waals surface area contributed by atoms with E-state index in [0.717, 1.165) is 13.1 Å². The Balaban J connectivity index is 2.94. The maximum absolute atomic E-state index is 12.7. The molecule has 0 atom stereocenters. The Bertz CT molecular complexity index is 460. The number of carbonyl (C=O) groups excluding carboxylic acids is 1. The predicted octanol–water partition coefficient (Wildman–Crippen LogP) is 2.69. The summed E-state index contributed by atoms with van der Waals surface area (Å²) in [5, 5.41) is 0. The highest BCUT2D eigenvalue weighted by atomic mass is 79.9. The number of nitrogens with two attached hydrogens (primary N) is 1. The normalized spacial score (nSPS) is 11.2. The molecule has 0 aliphatic rings. The van der Waals surface area contributed by atoms with E-state index in [0.29, 0.717) is 28.2 Å². The number of hydrogen-bond acceptors (Lipinski definition) is 3. The molecule has 0 saturated heterocycles. The van der Waals surface area contributed by atoms with E-state index < -0.39 is 0 Å². The molecule has 112 valence electrons. The number of nitrogens with zero attached hydrogens (tertiary/aromatic N) is 2. The molecule has 0 fully saturated rings. The highest BCUT2D eigenvalue weighted by Crippen LogP contribution is 2.25. The van der Waals surface area contributed by atoms with E-state index in [2.05, 4.69) is 34.7 Å². The van der Waals surface area contributed by atoms with Gasteiger partial charge in [0.05, 0.1) is 10.0 Å². The van der Waals surface area contributed by atoms with Crippen molar-refractivity contribution in [1.29, 1.82) is 0 Å². The van der Waals surface area contributed by atoms with Crippen molar-refractivity contribution in [2.45, 2.75) is 13.8 Å². The summed E-state index contributed by atoms with van der Waals surface area (Å²) in [6.07, 6.45) is 0. The largest absolute Gasteiger partial charge is 0.398 e. The van der Waals surface area contributed by atoms with Gasteiger partial charge in [-0.1, -0.05) is 19.9 Å². The first-order valence-corrected chi connectivity index (χ1v) is 7.60. The van der Waals surface area contributed by atoms with Gasteiger partial charge in [0.2, 0.25) is 0 Å². The van der Waals surface area contributed by atoms with Crippen LogP contribution in [0.4, 0.5) is 5.69 Å². The van der Waals surface area contributed by atoms with Crippen LogP contribution in [0.2, 0.25) is 0 Å². The first kappa shape index (κ1) is 17.0. The summed E-state index contributed by atoms with van der Waals surface area (Å²) in [6.45, 7) is 6.53. The van der Waals surface area contributed by atoms with Gasteiger partial charge in [0.15, 0.2) is 0 Å². The highest BCUT2D eigenvalue weighted by Gasteiger charge is 2.20. The number of carbonyl (C=O) groups is 1. The van der Waals surface area contributed by atoms with Crippen LogP contribution in [0.5, 0.6) is 0 Å². The van der Waals surface area contributed by atoms with Crippen LogP contribution in [0.3, 0.4) is 0 Å². The summed E-state index contributed by atoms with van der Waals surface area (Å²) in [7, 11) is 4.02. The van der Waals surface area contributed by atoms with Crippen molar-refractivity contribution in [3.05, 3.63) is 28.2 Å². The summed E-state index contributed by atoms with van der Waals surface area (Å²) in [4.78, 5) is 16.7. The van der Waals surface area contributed by atoms with Crippen LogP contribution in [0.1, 0.15) is 24.2 Å². The molecule has 20 heavy (non-hydrogen) atoms. The van der Waals surface area contributed by atoms with Crippen LogP contribution >= 0.6 is 15.9 Å². The molecule has 1 aromatic carbocycles. The Morgan fingerprint density at radius 1 is 1.30 bits per heavy atom. The molecular formula is C15H24BrN3O. The van der Waals surface area contributed by atoms with Crippen molar-refractivity contribution in [2.75, 3.05) is 39.5 Å². The summed E-state index contributed by atoms with van der Waals surface area (Å²) < 4.78 is 0.684. The lowest BCUT2D eigenvalue weighted by Crippen LogP contribution is -2.39. The Morgan fingerprint density at radius 2 is 1.95 bits per heavy atom. The van der Waals surface area contributed by atoms with Gasteiger partial charge in [-0.05, 0) is 48.1 Å². The number of nitrogen functional groups attached to an aromatic ring is 1. The van der Waals surface area contributed by atoms with Crippen LogP contribution in [0, 0.1) is 5.92 Å². The minimum atomic E-state index is 0.0275. The SMILES string of the molecule is CC(C)CN(CCN(C)C)C(=O)c1cccc(N)c1Br. The number of rotatable bonds is 6. The van der Waals surface area contributed by atoms with Gasteiger partial charge in [-0.2, -0.15) is 0 Å². The van der Waals surface area contributed by atoms with Gasteiger partial charge in [-0.3, -0.25) is 4.79 Å². The minimum Gasteiger partial charge on any atom is -0.398 e. The van der Waals surface area contributed by atoms with Gasteiger partial charge in [0.1, 0.15) is 0 Å². The van der Waals surface area contributed by atoms with Crippen LogP contribution in [0.15, 0.2) is 22.7 Å². The van der Waals surface area contributed by atoms with Crippen LogP contribution < -0.4 is 5.73 Å². The number of hydrogen-bond donors (Lipinski definition) is 1. The lowest BCUT2D eigenvalue weighted by Gasteiger charge is -2.26. The molecule has 1 amide bonds. The molecule has 1 aromatic rings. The van der Waals surface area contributed by atoms with Gasteiger partial charge in [0.25, 0.3) is 5.91 Å². The van der Waals surface area contributed by atoms with E-state index in [-0.39, 0.29) is 5.91 Å². The molecule has 5 heteroatoms. The number of amides is 1. The predicted molar refractivity (Wildman–Crippen MR) is 87.8 cm³/mol. The average Bonchev–Trinajstić information content (AvgIpc) is 2.36. The van der Waals surface area contributed by atoms with E-state index in [4.69, 9.17) is 5.73 Å². The number of halogens is 1. The van der Waals surface area contributed by atoms with E-state index in [9.17, 15) is 4.79 Å². The third-order valence-electron chi connectivity index (χ3n) is 2.95. The third-order valence-corrected chi connectivity index (χ3v) is 3.83. The maximum Gasteiger partial charge on any atom is 0.255 e. The average molecular weight is 342 g/mol. The minimum absolute atomic E-state index is 0.0275.